The molecule has 0 aliphatic heterocycles. The highest BCUT2D eigenvalue weighted by Gasteiger charge is 1.75. The van der Waals surface area contributed by atoms with Crippen LogP contribution in [0.25, 0.3) is 0 Å². The van der Waals surface area contributed by atoms with E-state index < -0.39 is 0 Å². The molecule has 0 aromatic rings. The van der Waals surface area contributed by atoms with Crippen LogP contribution >= 0.6 is 0 Å². The van der Waals surface area contributed by atoms with Crippen molar-refractivity contribution in [3.8, 4) is 0 Å². The zero-order chi connectivity index (χ0) is 6.41. The molecule has 0 atom stereocenters. The maximum absolute atomic E-state index is 5.11. The Labute approximate surface area is 49.3 Å². The minimum absolute atomic E-state index is 0.850. The largest absolute Gasteiger partial charge is 0.403 e. The van der Waals surface area contributed by atoms with Gasteiger partial charge in [0.2, 0.25) is 0 Å². The van der Waals surface area contributed by atoms with Gasteiger partial charge in [0, 0.05) is 18.1 Å². The molecule has 46 valence electrons. The first kappa shape index (κ1) is 7.01. The molecular weight excluding hydrogens is 102 g/mol. The maximum Gasteiger partial charge on any atom is 0.0459 e. The lowest BCUT2D eigenvalue weighted by Gasteiger charge is -1.93. The fourth-order valence-electron chi connectivity index (χ4n) is 0.204. The Kier molecular flexibility index (Phi) is 3.66. The Morgan fingerprint density at radius 2 is 2.38 bits per heavy atom. The molecule has 0 spiro atoms. The van der Waals surface area contributed by atoms with Crippen molar-refractivity contribution in [2.24, 2.45) is 10.8 Å². The number of hydrogen-bond acceptors (Lipinski definition) is 3. The normalized spacial score (nSPS) is 12.5. The van der Waals surface area contributed by atoms with E-state index in [4.69, 9.17) is 5.73 Å². The second-order valence-corrected chi connectivity index (χ2v) is 1.35. The topological polar surface area (TPSA) is 50.4 Å². The van der Waals surface area contributed by atoms with Crippen LogP contribution in [0.1, 0.15) is 13.8 Å². The van der Waals surface area contributed by atoms with Crippen molar-refractivity contribution in [1.29, 1.82) is 0 Å². The highest BCUT2D eigenvalue weighted by atomic mass is 15.3. The fourth-order valence-corrected chi connectivity index (χ4v) is 0.204. The van der Waals surface area contributed by atoms with E-state index in [2.05, 4.69) is 10.5 Å². The molecule has 3 heteroatoms. The Bertz CT molecular complexity index is 104. The molecule has 0 bridgehead atoms. The summed E-state index contributed by atoms with van der Waals surface area (Å²) in [6.07, 6.45) is 3.12. The van der Waals surface area contributed by atoms with Gasteiger partial charge in [-0.2, -0.15) is 5.10 Å². The predicted octanol–water partition coefficient (Wildman–Crippen LogP) is 0.402. The van der Waals surface area contributed by atoms with Gasteiger partial charge >= 0.3 is 0 Å². The summed E-state index contributed by atoms with van der Waals surface area (Å²) in [5.41, 5.74) is 8.65. The second-order valence-electron chi connectivity index (χ2n) is 1.35. The zero-order valence-corrected chi connectivity index (χ0v) is 5.18. The molecule has 0 saturated carbocycles. The summed E-state index contributed by atoms with van der Waals surface area (Å²) < 4.78 is 0. The minimum Gasteiger partial charge on any atom is -0.403 e. The third-order valence-corrected chi connectivity index (χ3v) is 0.620. The SMILES string of the molecule is C/C=N/N/C(C)=C\N. The highest BCUT2D eigenvalue weighted by molar-refractivity contribution is 5.52. The van der Waals surface area contributed by atoms with E-state index >= 15 is 0 Å². The van der Waals surface area contributed by atoms with Crippen molar-refractivity contribution >= 4 is 6.21 Å². The summed E-state index contributed by atoms with van der Waals surface area (Å²) in [6, 6.07) is 0. The lowest BCUT2D eigenvalue weighted by molar-refractivity contribution is 0.886. The van der Waals surface area contributed by atoms with Gasteiger partial charge in [-0.05, 0) is 13.8 Å². The Hall–Kier alpha value is -0.990. The summed E-state index contributed by atoms with van der Waals surface area (Å²) >= 11 is 0. The Morgan fingerprint density at radius 3 is 2.75 bits per heavy atom. The van der Waals surface area contributed by atoms with E-state index in [1.54, 1.807) is 6.21 Å². The first-order chi connectivity index (χ1) is 3.81. The fraction of sp³-hybridized carbons (Fsp3) is 0.400. The summed E-state index contributed by atoms with van der Waals surface area (Å²) in [6.45, 7) is 3.67. The van der Waals surface area contributed by atoms with Gasteiger partial charge in [0.25, 0.3) is 0 Å². The second kappa shape index (κ2) is 4.18. The van der Waals surface area contributed by atoms with E-state index in [9.17, 15) is 0 Å². The van der Waals surface area contributed by atoms with Crippen molar-refractivity contribution in [2.45, 2.75) is 13.8 Å². The molecule has 0 aliphatic carbocycles. The van der Waals surface area contributed by atoms with Gasteiger partial charge in [0.05, 0.1) is 0 Å². The quantitative estimate of drug-likeness (QED) is 0.402. The monoisotopic (exact) mass is 113 g/mol. The number of nitrogens with zero attached hydrogens (tertiary/aromatic N) is 1. The van der Waals surface area contributed by atoms with Crippen molar-refractivity contribution in [3.63, 3.8) is 0 Å². The lowest BCUT2D eigenvalue weighted by atomic mass is 10.6. The lowest BCUT2D eigenvalue weighted by Crippen LogP contribution is -2.03. The third kappa shape index (κ3) is 3.21. The molecule has 0 aliphatic rings. The standard InChI is InChI=1S/C5H11N3/c1-3-7-8-5(2)4-6/h3-4,8H,6H2,1-2H3/b5-4-,7-3+. The summed E-state index contributed by atoms with van der Waals surface area (Å²) in [5, 5.41) is 3.72. The molecule has 3 N–H and O–H groups in total. The summed E-state index contributed by atoms with van der Waals surface area (Å²) in [7, 11) is 0. The molecule has 8 heavy (non-hydrogen) atoms. The van der Waals surface area contributed by atoms with Gasteiger partial charge in [-0.25, -0.2) is 0 Å². The predicted molar refractivity (Wildman–Crippen MR) is 35.2 cm³/mol. The van der Waals surface area contributed by atoms with Crippen LogP contribution in [-0.2, 0) is 0 Å². The molecule has 0 aromatic carbocycles. The van der Waals surface area contributed by atoms with Crippen LogP contribution in [0.5, 0.6) is 0 Å². The number of allylic oxidation sites excluding steroid dienone is 1. The molecule has 3 nitrogen and oxygen atoms in total. The van der Waals surface area contributed by atoms with Crippen molar-refractivity contribution in [1.82, 2.24) is 5.43 Å². The Morgan fingerprint density at radius 1 is 1.75 bits per heavy atom. The average molecular weight is 113 g/mol. The summed E-state index contributed by atoms with van der Waals surface area (Å²) in [4.78, 5) is 0. The van der Waals surface area contributed by atoms with Crippen LogP contribution in [0.4, 0.5) is 0 Å². The minimum atomic E-state index is 0.850. The molecule has 0 amide bonds. The van der Waals surface area contributed by atoms with E-state index in [0.29, 0.717) is 0 Å². The van der Waals surface area contributed by atoms with E-state index in [-0.39, 0.29) is 0 Å². The van der Waals surface area contributed by atoms with Crippen LogP contribution in [0.15, 0.2) is 17.0 Å². The van der Waals surface area contributed by atoms with E-state index in [1.807, 2.05) is 13.8 Å². The van der Waals surface area contributed by atoms with Crippen molar-refractivity contribution in [3.05, 3.63) is 11.9 Å². The van der Waals surface area contributed by atoms with E-state index in [0.717, 1.165) is 5.70 Å². The van der Waals surface area contributed by atoms with Gasteiger partial charge < -0.3 is 5.73 Å². The van der Waals surface area contributed by atoms with Crippen LogP contribution in [0.3, 0.4) is 0 Å². The van der Waals surface area contributed by atoms with E-state index in [1.165, 1.54) is 6.20 Å². The van der Waals surface area contributed by atoms with Crippen LogP contribution in [0, 0.1) is 0 Å². The number of nitrogens with one attached hydrogen (secondary N) is 1. The van der Waals surface area contributed by atoms with Gasteiger partial charge in [-0.1, -0.05) is 0 Å². The molecule has 0 fully saturated rings. The molecule has 0 heterocycles. The van der Waals surface area contributed by atoms with Crippen molar-refractivity contribution in [2.75, 3.05) is 0 Å². The number of hydrazone groups is 1. The maximum atomic E-state index is 5.11. The van der Waals surface area contributed by atoms with Gasteiger partial charge in [-0.3, -0.25) is 5.43 Å². The molecule has 0 saturated heterocycles. The van der Waals surface area contributed by atoms with Crippen LogP contribution in [0.2, 0.25) is 0 Å². The van der Waals surface area contributed by atoms with Crippen LogP contribution in [-0.4, -0.2) is 6.21 Å². The van der Waals surface area contributed by atoms with Gasteiger partial charge in [-0.15, -0.1) is 0 Å². The smallest absolute Gasteiger partial charge is 0.0459 e. The first-order valence-corrected chi connectivity index (χ1v) is 2.43. The number of hydrogen-bond donors (Lipinski definition) is 2. The number of rotatable bonds is 2. The highest BCUT2D eigenvalue weighted by Crippen LogP contribution is 1.77. The van der Waals surface area contributed by atoms with Crippen LogP contribution < -0.4 is 11.2 Å². The average Bonchev–Trinajstić information content (AvgIpc) is 1.83. The molecule has 0 rings (SSSR count). The van der Waals surface area contributed by atoms with Gasteiger partial charge in [0.15, 0.2) is 0 Å². The molecule has 0 unspecified atom stereocenters. The molecular formula is C5H11N3. The summed E-state index contributed by atoms with van der Waals surface area (Å²) in [5.74, 6) is 0. The third-order valence-electron chi connectivity index (χ3n) is 0.620. The van der Waals surface area contributed by atoms with Gasteiger partial charge in [0.1, 0.15) is 0 Å². The Balaban J connectivity index is 3.40. The number of nitrogens with two attached hydrogens (primary N) is 1. The molecule has 0 radical (unpaired) electrons. The molecule has 0 aromatic heterocycles. The zero-order valence-electron chi connectivity index (χ0n) is 5.18. The first-order valence-electron chi connectivity index (χ1n) is 2.43. The van der Waals surface area contributed by atoms with Crippen molar-refractivity contribution < 1.29 is 0 Å².